The van der Waals surface area contributed by atoms with Gasteiger partial charge in [-0.3, -0.25) is 0 Å². The molecule has 0 saturated heterocycles. The Kier molecular flexibility index (Phi) is 4.39. The minimum atomic E-state index is 0.149. The number of hydrogen-bond acceptors (Lipinski definition) is 4. The molecule has 2 aromatic carbocycles. The van der Waals surface area contributed by atoms with E-state index in [1.54, 1.807) is 6.26 Å². The molecule has 22 heavy (non-hydrogen) atoms. The van der Waals surface area contributed by atoms with Gasteiger partial charge in [-0.1, -0.05) is 30.3 Å². The second-order valence-electron chi connectivity index (χ2n) is 5.51. The van der Waals surface area contributed by atoms with Crippen LogP contribution in [0.2, 0.25) is 0 Å². The van der Waals surface area contributed by atoms with Crippen LogP contribution < -0.4 is 10.1 Å². The zero-order chi connectivity index (χ0) is 15.4. The van der Waals surface area contributed by atoms with Crippen LogP contribution in [-0.4, -0.2) is 11.1 Å². The van der Waals surface area contributed by atoms with Crippen LogP contribution in [0.25, 0.3) is 10.8 Å². The van der Waals surface area contributed by atoms with Gasteiger partial charge in [0.05, 0.1) is 11.8 Å². The van der Waals surface area contributed by atoms with Crippen molar-refractivity contribution >= 4 is 10.8 Å². The minimum absolute atomic E-state index is 0.149. The van der Waals surface area contributed by atoms with Crippen molar-refractivity contribution in [1.29, 1.82) is 0 Å². The second-order valence-corrected chi connectivity index (χ2v) is 5.51. The van der Waals surface area contributed by atoms with E-state index >= 15 is 0 Å². The lowest BCUT2D eigenvalue weighted by atomic mass is 10.0. The Morgan fingerprint density at radius 1 is 1.14 bits per heavy atom. The Hall–Kier alpha value is -2.33. The van der Waals surface area contributed by atoms with Crippen molar-refractivity contribution in [2.45, 2.75) is 33.0 Å². The fourth-order valence-electron chi connectivity index (χ4n) is 2.50. The number of ether oxygens (including phenoxy) is 1. The van der Waals surface area contributed by atoms with Gasteiger partial charge in [-0.25, -0.2) is 4.98 Å². The fourth-order valence-corrected chi connectivity index (χ4v) is 2.50. The normalized spacial score (nSPS) is 11.2. The SMILES string of the molecule is CC(C)Oc1ccc2ccccc2c1CNCc1cocn1. The van der Waals surface area contributed by atoms with Crippen LogP contribution in [0.1, 0.15) is 25.1 Å². The van der Waals surface area contributed by atoms with E-state index in [0.29, 0.717) is 6.54 Å². The Bertz CT molecular complexity index is 736. The average Bonchev–Trinajstić information content (AvgIpc) is 3.02. The Morgan fingerprint density at radius 3 is 2.77 bits per heavy atom. The van der Waals surface area contributed by atoms with Gasteiger partial charge >= 0.3 is 0 Å². The van der Waals surface area contributed by atoms with Crippen LogP contribution in [-0.2, 0) is 13.1 Å². The van der Waals surface area contributed by atoms with Crippen LogP contribution in [0.15, 0.2) is 53.5 Å². The average molecular weight is 296 g/mol. The Labute approximate surface area is 130 Å². The maximum atomic E-state index is 5.97. The van der Waals surface area contributed by atoms with Gasteiger partial charge in [0.1, 0.15) is 12.0 Å². The summed E-state index contributed by atoms with van der Waals surface area (Å²) in [6.45, 7) is 5.47. The van der Waals surface area contributed by atoms with Crippen LogP contribution in [0.4, 0.5) is 0 Å². The van der Waals surface area contributed by atoms with E-state index in [-0.39, 0.29) is 6.10 Å². The monoisotopic (exact) mass is 296 g/mol. The summed E-state index contributed by atoms with van der Waals surface area (Å²) >= 11 is 0. The molecule has 0 radical (unpaired) electrons. The molecule has 1 N–H and O–H groups in total. The maximum Gasteiger partial charge on any atom is 0.180 e. The third-order valence-corrected chi connectivity index (χ3v) is 3.45. The first-order chi connectivity index (χ1) is 10.7. The van der Waals surface area contributed by atoms with E-state index < -0.39 is 0 Å². The number of nitrogens with zero attached hydrogens (tertiary/aromatic N) is 1. The van der Waals surface area contributed by atoms with Gasteiger partial charge in [0.2, 0.25) is 0 Å². The smallest absolute Gasteiger partial charge is 0.180 e. The van der Waals surface area contributed by atoms with Gasteiger partial charge in [-0.05, 0) is 30.7 Å². The number of nitrogens with one attached hydrogen (secondary N) is 1. The summed E-state index contributed by atoms with van der Waals surface area (Å²) in [4.78, 5) is 4.12. The van der Waals surface area contributed by atoms with Gasteiger partial charge in [-0.2, -0.15) is 0 Å². The van der Waals surface area contributed by atoms with E-state index in [0.717, 1.165) is 18.0 Å². The summed E-state index contributed by atoms with van der Waals surface area (Å²) in [5, 5.41) is 5.84. The molecule has 0 aliphatic rings. The van der Waals surface area contributed by atoms with E-state index in [2.05, 4.69) is 46.7 Å². The van der Waals surface area contributed by atoms with Gasteiger partial charge in [0.15, 0.2) is 6.39 Å². The molecule has 114 valence electrons. The summed E-state index contributed by atoms with van der Waals surface area (Å²) in [5.74, 6) is 0.932. The summed E-state index contributed by atoms with van der Waals surface area (Å²) in [7, 11) is 0. The molecule has 1 heterocycles. The molecule has 0 aliphatic carbocycles. The summed E-state index contributed by atoms with van der Waals surface area (Å²) in [6.07, 6.45) is 3.25. The van der Waals surface area contributed by atoms with Crippen molar-refractivity contribution < 1.29 is 9.15 Å². The summed E-state index contributed by atoms with van der Waals surface area (Å²) in [6, 6.07) is 12.5. The molecule has 3 aromatic rings. The predicted octanol–water partition coefficient (Wildman–Crippen LogP) is 3.90. The molecule has 3 rings (SSSR count). The van der Waals surface area contributed by atoms with Crippen molar-refractivity contribution in [2.24, 2.45) is 0 Å². The molecule has 0 atom stereocenters. The van der Waals surface area contributed by atoms with Gasteiger partial charge in [-0.15, -0.1) is 0 Å². The Morgan fingerprint density at radius 2 is 2.00 bits per heavy atom. The maximum absolute atomic E-state index is 5.97. The number of benzene rings is 2. The molecule has 0 bridgehead atoms. The minimum Gasteiger partial charge on any atom is -0.491 e. The van der Waals surface area contributed by atoms with Crippen LogP contribution in [0.5, 0.6) is 5.75 Å². The van der Waals surface area contributed by atoms with Crippen molar-refractivity contribution in [3.8, 4) is 5.75 Å². The zero-order valence-electron chi connectivity index (χ0n) is 12.9. The molecule has 0 fully saturated rings. The number of aromatic nitrogens is 1. The topological polar surface area (TPSA) is 47.3 Å². The van der Waals surface area contributed by atoms with Crippen LogP contribution in [0.3, 0.4) is 0 Å². The van der Waals surface area contributed by atoms with Gasteiger partial charge < -0.3 is 14.5 Å². The van der Waals surface area contributed by atoms with Crippen molar-refractivity contribution in [3.63, 3.8) is 0 Å². The van der Waals surface area contributed by atoms with E-state index in [4.69, 9.17) is 9.15 Å². The van der Waals surface area contributed by atoms with Crippen molar-refractivity contribution in [2.75, 3.05) is 0 Å². The molecule has 4 nitrogen and oxygen atoms in total. The lowest BCUT2D eigenvalue weighted by Gasteiger charge is -2.17. The van der Waals surface area contributed by atoms with Crippen LogP contribution in [0, 0.1) is 0 Å². The Balaban J connectivity index is 1.86. The molecule has 0 amide bonds. The number of rotatable bonds is 6. The van der Waals surface area contributed by atoms with E-state index in [9.17, 15) is 0 Å². The molecule has 4 heteroatoms. The standard InChI is InChI=1S/C18H20N2O2/c1-13(2)22-18-8-7-14-5-3-4-6-16(14)17(18)10-19-9-15-11-21-12-20-15/h3-8,11-13,19H,9-10H2,1-2H3. The third-order valence-electron chi connectivity index (χ3n) is 3.45. The molecule has 0 spiro atoms. The highest BCUT2D eigenvalue weighted by atomic mass is 16.5. The largest absolute Gasteiger partial charge is 0.491 e. The first kappa shape index (κ1) is 14.6. The highest BCUT2D eigenvalue weighted by Crippen LogP contribution is 2.28. The molecular weight excluding hydrogens is 276 g/mol. The molecular formula is C18H20N2O2. The summed E-state index contributed by atoms with van der Waals surface area (Å²) < 4.78 is 11.0. The van der Waals surface area contributed by atoms with E-state index in [1.165, 1.54) is 22.7 Å². The highest BCUT2D eigenvalue weighted by Gasteiger charge is 2.10. The van der Waals surface area contributed by atoms with Crippen molar-refractivity contribution in [3.05, 3.63) is 60.3 Å². The molecule has 0 aliphatic heterocycles. The fraction of sp³-hybridized carbons (Fsp3) is 0.278. The molecule has 1 aromatic heterocycles. The molecule has 0 saturated carbocycles. The lowest BCUT2D eigenvalue weighted by Crippen LogP contribution is -2.15. The first-order valence-electron chi connectivity index (χ1n) is 7.49. The quantitative estimate of drug-likeness (QED) is 0.749. The number of fused-ring (bicyclic) bond motifs is 1. The number of oxazole rings is 1. The predicted molar refractivity (Wildman–Crippen MR) is 86.8 cm³/mol. The van der Waals surface area contributed by atoms with E-state index in [1.807, 2.05) is 13.8 Å². The number of hydrogen-bond donors (Lipinski definition) is 1. The second kappa shape index (κ2) is 6.62. The summed E-state index contributed by atoms with van der Waals surface area (Å²) in [5.41, 5.74) is 2.07. The van der Waals surface area contributed by atoms with Crippen LogP contribution >= 0.6 is 0 Å². The first-order valence-corrected chi connectivity index (χ1v) is 7.49. The van der Waals surface area contributed by atoms with Gasteiger partial charge in [0.25, 0.3) is 0 Å². The highest BCUT2D eigenvalue weighted by molar-refractivity contribution is 5.87. The van der Waals surface area contributed by atoms with Gasteiger partial charge in [0, 0.05) is 18.7 Å². The molecule has 0 unspecified atom stereocenters. The lowest BCUT2D eigenvalue weighted by molar-refractivity contribution is 0.240. The van der Waals surface area contributed by atoms with Crippen molar-refractivity contribution in [1.82, 2.24) is 10.3 Å². The third kappa shape index (κ3) is 3.28. The zero-order valence-corrected chi connectivity index (χ0v) is 12.9.